The smallest absolute Gasteiger partial charge is 0.0702 e. The minimum absolute atomic E-state index is 0.489. The second-order valence-corrected chi connectivity index (χ2v) is 6.19. The number of hydrogen-bond donors (Lipinski definition) is 1. The van der Waals surface area contributed by atoms with Crippen molar-refractivity contribution >= 4 is 0 Å². The Morgan fingerprint density at radius 3 is 2.84 bits per heavy atom. The van der Waals surface area contributed by atoms with E-state index in [1.165, 1.54) is 64.6 Å². The van der Waals surface area contributed by atoms with Gasteiger partial charge in [0.25, 0.3) is 0 Å². The van der Waals surface area contributed by atoms with Gasteiger partial charge in [0.15, 0.2) is 0 Å². The van der Waals surface area contributed by atoms with E-state index < -0.39 is 0 Å². The maximum atomic E-state index is 5.84. The lowest BCUT2D eigenvalue weighted by Gasteiger charge is -2.42. The van der Waals surface area contributed by atoms with Gasteiger partial charge in [-0.2, -0.15) is 0 Å². The van der Waals surface area contributed by atoms with Crippen LogP contribution in [-0.4, -0.2) is 49.3 Å². The van der Waals surface area contributed by atoms with E-state index in [4.69, 9.17) is 4.74 Å². The predicted octanol–water partition coefficient (Wildman–Crippen LogP) is 2.80. The Kier molecular flexibility index (Phi) is 6.62. The molecule has 1 aliphatic heterocycles. The molecular weight excluding hydrogens is 236 g/mol. The van der Waals surface area contributed by atoms with Crippen molar-refractivity contribution in [3.8, 4) is 0 Å². The number of rotatable bonds is 6. The quantitative estimate of drug-likeness (QED) is 0.801. The fraction of sp³-hybridized carbons (Fsp3) is 1.00. The van der Waals surface area contributed by atoms with Crippen molar-refractivity contribution in [2.75, 3.05) is 26.2 Å². The first-order valence-corrected chi connectivity index (χ1v) is 8.42. The third-order valence-electron chi connectivity index (χ3n) is 4.66. The maximum Gasteiger partial charge on any atom is 0.0702 e. The number of ether oxygens (including phenoxy) is 1. The van der Waals surface area contributed by atoms with Crippen LogP contribution in [0, 0.1) is 0 Å². The molecule has 0 amide bonds. The summed E-state index contributed by atoms with van der Waals surface area (Å²) < 4.78 is 5.84. The van der Waals surface area contributed by atoms with Gasteiger partial charge in [-0.15, -0.1) is 0 Å². The van der Waals surface area contributed by atoms with Crippen molar-refractivity contribution in [3.05, 3.63) is 0 Å². The normalized spacial score (nSPS) is 33.5. The van der Waals surface area contributed by atoms with Crippen LogP contribution in [0.15, 0.2) is 0 Å². The third-order valence-corrected chi connectivity index (χ3v) is 4.66. The van der Waals surface area contributed by atoms with E-state index in [1.54, 1.807) is 0 Å². The molecule has 1 aliphatic carbocycles. The van der Waals surface area contributed by atoms with Gasteiger partial charge in [-0.25, -0.2) is 0 Å². The van der Waals surface area contributed by atoms with Crippen LogP contribution in [0.5, 0.6) is 0 Å². The van der Waals surface area contributed by atoms with Crippen LogP contribution >= 0.6 is 0 Å². The van der Waals surface area contributed by atoms with Gasteiger partial charge in [0.1, 0.15) is 0 Å². The van der Waals surface area contributed by atoms with E-state index in [0.29, 0.717) is 6.10 Å². The van der Waals surface area contributed by atoms with Gasteiger partial charge in [-0.05, 0) is 58.5 Å². The molecule has 1 heterocycles. The Labute approximate surface area is 119 Å². The molecular formula is C16H32N2O. The Bertz CT molecular complexity index is 245. The molecule has 3 heteroatoms. The number of piperidine rings is 1. The molecule has 0 aromatic carbocycles. The van der Waals surface area contributed by atoms with Crippen LogP contribution in [0.3, 0.4) is 0 Å². The molecule has 0 aromatic rings. The topological polar surface area (TPSA) is 24.5 Å². The average Bonchev–Trinajstić information content (AvgIpc) is 2.46. The summed E-state index contributed by atoms with van der Waals surface area (Å²) in [4.78, 5) is 2.71. The van der Waals surface area contributed by atoms with Crippen molar-refractivity contribution in [2.24, 2.45) is 0 Å². The van der Waals surface area contributed by atoms with Crippen LogP contribution in [0.4, 0.5) is 0 Å². The highest BCUT2D eigenvalue weighted by Crippen LogP contribution is 2.26. The van der Waals surface area contributed by atoms with Crippen LogP contribution < -0.4 is 5.32 Å². The first-order valence-electron chi connectivity index (χ1n) is 8.42. The van der Waals surface area contributed by atoms with Gasteiger partial charge in [0.05, 0.1) is 6.10 Å². The molecule has 112 valence electrons. The predicted molar refractivity (Wildman–Crippen MR) is 80.6 cm³/mol. The van der Waals surface area contributed by atoms with Crippen LogP contribution in [0.25, 0.3) is 0 Å². The Balaban J connectivity index is 1.79. The zero-order valence-corrected chi connectivity index (χ0v) is 12.9. The first kappa shape index (κ1) is 15.3. The monoisotopic (exact) mass is 268 g/mol. The highest BCUT2D eigenvalue weighted by atomic mass is 16.5. The van der Waals surface area contributed by atoms with Crippen molar-refractivity contribution < 1.29 is 4.74 Å². The summed E-state index contributed by atoms with van der Waals surface area (Å²) in [6, 6.07) is 1.55. The molecule has 2 fully saturated rings. The van der Waals surface area contributed by atoms with Gasteiger partial charge in [-0.1, -0.05) is 13.3 Å². The highest BCUT2D eigenvalue weighted by molar-refractivity contribution is 4.87. The molecule has 3 unspecified atom stereocenters. The molecule has 1 saturated carbocycles. The van der Waals surface area contributed by atoms with Crippen LogP contribution in [-0.2, 0) is 4.74 Å². The number of hydrogen-bond acceptors (Lipinski definition) is 3. The molecule has 0 bridgehead atoms. The van der Waals surface area contributed by atoms with Gasteiger partial charge in [0.2, 0.25) is 0 Å². The van der Waals surface area contributed by atoms with Crippen LogP contribution in [0.2, 0.25) is 0 Å². The summed E-state index contributed by atoms with van der Waals surface area (Å²) >= 11 is 0. The summed E-state index contributed by atoms with van der Waals surface area (Å²) in [5, 5.41) is 3.72. The van der Waals surface area contributed by atoms with E-state index in [2.05, 4.69) is 24.1 Å². The molecule has 2 aliphatic rings. The Hall–Kier alpha value is -0.120. The van der Waals surface area contributed by atoms with Crippen molar-refractivity contribution in [1.29, 1.82) is 0 Å². The summed E-state index contributed by atoms with van der Waals surface area (Å²) in [5.74, 6) is 0. The summed E-state index contributed by atoms with van der Waals surface area (Å²) in [7, 11) is 0. The number of nitrogens with zero attached hydrogens (tertiary/aromatic N) is 1. The van der Waals surface area contributed by atoms with Crippen molar-refractivity contribution in [3.63, 3.8) is 0 Å². The van der Waals surface area contributed by atoms with E-state index in [-0.39, 0.29) is 0 Å². The molecule has 2 rings (SSSR count). The molecule has 3 atom stereocenters. The van der Waals surface area contributed by atoms with E-state index >= 15 is 0 Å². The lowest BCUT2D eigenvalue weighted by Crippen LogP contribution is -2.49. The van der Waals surface area contributed by atoms with Crippen molar-refractivity contribution in [1.82, 2.24) is 10.2 Å². The lowest BCUT2D eigenvalue weighted by molar-refractivity contribution is -0.0143. The molecule has 0 radical (unpaired) electrons. The zero-order chi connectivity index (χ0) is 13.5. The fourth-order valence-electron chi connectivity index (χ4n) is 3.70. The minimum atomic E-state index is 0.489. The van der Waals surface area contributed by atoms with E-state index in [0.717, 1.165) is 18.7 Å². The second-order valence-electron chi connectivity index (χ2n) is 6.19. The average molecular weight is 268 g/mol. The Morgan fingerprint density at radius 1 is 1.16 bits per heavy atom. The molecule has 0 spiro atoms. The largest absolute Gasteiger partial charge is 0.377 e. The number of likely N-dealkylation sites (tertiary alicyclic amines) is 1. The minimum Gasteiger partial charge on any atom is -0.377 e. The molecule has 1 N–H and O–H groups in total. The number of nitrogens with one attached hydrogen (secondary N) is 1. The van der Waals surface area contributed by atoms with Crippen molar-refractivity contribution in [2.45, 2.75) is 77.0 Å². The van der Waals surface area contributed by atoms with E-state index in [1.807, 2.05) is 0 Å². The molecule has 19 heavy (non-hydrogen) atoms. The first-order chi connectivity index (χ1) is 9.33. The Morgan fingerprint density at radius 2 is 2.05 bits per heavy atom. The van der Waals surface area contributed by atoms with Gasteiger partial charge in [0, 0.05) is 25.2 Å². The lowest BCUT2D eigenvalue weighted by atomic mass is 9.88. The standard InChI is InChI=1S/C16H32N2O/c1-3-10-17-14-7-5-8-15(12-14)18-11-6-9-16(13-18)19-4-2/h14-17H,3-13H2,1-2H3. The molecule has 1 saturated heterocycles. The third kappa shape index (κ3) is 4.73. The summed E-state index contributed by atoms with van der Waals surface area (Å²) in [6.07, 6.45) is 9.81. The van der Waals surface area contributed by atoms with Gasteiger partial charge in [-0.3, -0.25) is 4.90 Å². The van der Waals surface area contributed by atoms with E-state index in [9.17, 15) is 0 Å². The van der Waals surface area contributed by atoms with Gasteiger partial charge >= 0.3 is 0 Å². The summed E-state index contributed by atoms with van der Waals surface area (Å²) in [5.41, 5.74) is 0. The fourth-order valence-corrected chi connectivity index (χ4v) is 3.70. The molecule has 3 nitrogen and oxygen atoms in total. The zero-order valence-electron chi connectivity index (χ0n) is 12.9. The highest BCUT2D eigenvalue weighted by Gasteiger charge is 2.30. The molecule has 0 aromatic heterocycles. The second kappa shape index (κ2) is 8.23. The van der Waals surface area contributed by atoms with Crippen LogP contribution in [0.1, 0.15) is 58.8 Å². The SMILES string of the molecule is CCCNC1CCCC(N2CCCC(OCC)C2)C1. The summed E-state index contributed by atoms with van der Waals surface area (Å²) in [6.45, 7) is 8.87. The maximum absolute atomic E-state index is 5.84. The van der Waals surface area contributed by atoms with Gasteiger partial charge < -0.3 is 10.1 Å².